The molecule has 0 saturated carbocycles. The van der Waals surface area contributed by atoms with Gasteiger partial charge in [-0.15, -0.1) is 0 Å². The van der Waals surface area contributed by atoms with Crippen LogP contribution >= 0.6 is 0 Å². The van der Waals surface area contributed by atoms with Crippen molar-refractivity contribution in [3.63, 3.8) is 0 Å². The molecule has 0 aliphatic rings. The number of carbonyl (C=O) groups excluding carboxylic acids is 1. The highest BCUT2D eigenvalue weighted by Gasteiger charge is 2.10. The maximum atomic E-state index is 12.0. The zero-order chi connectivity index (χ0) is 16.7. The van der Waals surface area contributed by atoms with Gasteiger partial charge in [-0.3, -0.25) is 4.68 Å². The van der Waals surface area contributed by atoms with E-state index >= 15 is 0 Å². The van der Waals surface area contributed by atoms with E-state index < -0.39 is 0 Å². The molecule has 2 amide bonds. The lowest BCUT2D eigenvalue weighted by molar-refractivity contribution is 0.235. The molecule has 0 aliphatic heterocycles. The topological polar surface area (TPSA) is 77.4 Å². The molecule has 0 fully saturated rings. The molecule has 124 valence electrons. The van der Waals surface area contributed by atoms with Gasteiger partial charge in [-0.1, -0.05) is 0 Å². The van der Waals surface area contributed by atoms with E-state index in [9.17, 15) is 4.79 Å². The van der Waals surface area contributed by atoms with E-state index in [4.69, 9.17) is 9.47 Å². The maximum absolute atomic E-state index is 12.0. The summed E-state index contributed by atoms with van der Waals surface area (Å²) in [6.07, 6.45) is 3.57. The minimum Gasteiger partial charge on any atom is -0.497 e. The Kier molecular flexibility index (Phi) is 5.85. The van der Waals surface area contributed by atoms with Crippen LogP contribution in [0, 0.1) is 0 Å². The number of nitrogens with one attached hydrogen (secondary N) is 2. The summed E-state index contributed by atoms with van der Waals surface area (Å²) in [6, 6.07) is 7.04. The minimum absolute atomic E-state index is 0.0397. The third-order valence-corrected chi connectivity index (χ3v) is 3.32. The second kappa shape index (κ2) is 8.07. The standard InChI is InChI=1S/C16H22N4O3/c1-12(11-20-8-4-7-18-20)19-16(21)17-10-13-9-14(22-2)5-6-15(13)23-3/h4-9,12H,10-11H2,1-3H3,(H2,17,19,21). The highest BCUT2D eigenvalue weighted by molar-refractivity contribution is 5.74. The van der Waals surface area contributed by atoms with Gasteiger partial charge in [0, 0.05) is 30.5 Å². The fourth-order valence-corrected chi connectivity index (χ4v) is 2.21. The molecule has 0 radical (unpaired) electrons. The van der Waals surface area contributed by atoms with Crippen LogP contribution < -0.4 is 20.1 Å². The molecule has 7 nitrogen and oxygen atoms in total. The number of hydrogen-bond donors (Lipinski definition) is 2. The van der Waals surface area contributed by atoms with Crippen molar-refractivity contribution >= 4 is 6.03 Å². The third-order valence-electron chi connectivity index (χ3n) is 3.32. The van der Waals surface area contributed by atoms with Crippen molar-refractivity contribution in [3.8, 4) is 11.5 Å². The number of hydrogen-bond acceptors (Lipinski definition) is 4. The zero-order valence-corrected chi connectivity index (χ0v) is 13.6. The normalized spacial score (nSPS) is 11.6. The van der Waals surface area contributed by atoms with Crippen molar-refractivity contribution in [1.82, 2.24) is 20.4 Å². The number of amides is 2. The molecule has 0 bridgehead atoms. The second-order valence-electron chi connectivity index (χ2n) is 5.13. The second-order valence-corrected chi connectivity index (χ2v) is 5.13. The molecule has 7 heteroatoms. The van der Waals surface area contributed by atoms with Crippen LogP contribution in [0.15, 0.2) is 36.7 Å². The number of methoxy groups -OCH3 is 2. The van der Waals surface area contributed by atoms with Gasteiger partial charge in [-0.25, -0.2) is 4.79 Å². The molecule has 23 heavy (non-hydrogen) atoms. The summed E-state index contributed by atoms with van der Waals surface area (Å²) in [4.78, 5) is 12.0. The molecule has 1 heterocycles. The van der Waals surface area contributed by atoms with Crippen LogP contribution in [-0.4, -0.2) is 36.1 Å². The summed E-state index contributed by atoms with van der Waals surface area (Å²) in [7, 11) is 3.19. The van der Waals surface area contributed by atoms with Gasteiger partial charge in [0.05, 0.1) is 20.8 Å². The van der Waals surface area contributed by atoms with Crippen LogP contribution in [0.5, 0.6) is 11.5 Å². The summed E-state index contributed by atoms with van der Waals surface area (Å²) < 4.78 is 12.3. The highest BCUT2D eigenvalue weighted by Crippen LogP contribution is 2.23. The Hall–Kier alpha value is -2.70. The first-order chi connectivity index (χ1) is 11.1. The average Bonchev–Trinajstić information content (AvgIpc) is 3.05. The van der Waals surface area contributed by atoms with Gasteiger partial charge in [0.25, 0.3) is 0 Å². The molecule has 1 unspecified atom stereocenters. The molecule has 1 aromatic carbocycles. The van der Waals surface area contributed by atoms with Crippen LogP contribution in [0.2, 0.25) is 0 Å². The lowest BCUT2D eigenvalue weighted by Crippen LogP contribution is -2.42. The molecular formula is C16H22N4O3. The van der Waals surface area contributed by atoms with Gasteiger partial charge < -0.3 is 20.1 Å². The van der Waals surface area contributed by atoms with E-state index in [0.717, 1.165) is 11.3 Å². The van der Waals surface area contributed by atoms with Gasteiger partial charge in [-0.05, 0) is 31.2 Å². The van der Waals surface area contributed by atoms with Crippen LogP contribution in [-0.2, 0) is 13.1 Å². The first-order valence-corrected chi connectivity index (χ1v) is 7.35. The third kappa shape index (κ3) is 4.91. The van der Waals surface area contributed by atoms with Crippen molar-refractivity contribution in [2.45, 2.75) is 26.1 Å². The molecule has 1 aromatic heterocycles. The van der Waals surface area contributed by atoms with Crippen molar-refractivity contribution in [3.05, 3.63) is 42.2 Å². The Morgan fingerprint density at radius 3 is 2.83 bits per heavy atom. The van der Waals surface area contributed by atoms with Crippen molar-refractivity contribution in [2.24, 2.45) is 0 Å². The number of aromatic nitrogens is 2. The largest absolute Gasteiger partial charge is 0.497 e. The SMILES string of the molecule is COc1ccc(OC)c(CNC(=O)NC(C)Cn2cccn2)c1. The van der Waals surface area contributed by atoms with E-state index in [2.05, 4.69) is 15.7 Å². The van der Waals surface area contributed by atoms with E-state index in [0.29, 0.717) is 18.8 Å². The van der Waals surface area contributed by atoms with Crippen molar-refractivity contribution in [2.75, 3.05) is 14.2 Å². The Bertz CT molecular complexity index is 628. The summed E-state index contributed by atoms with van der Waals surface area (Å²) in [6.45, 7) is 2.89. The van der Waals surface area contributed by atoms with Crippen molar-refractivity contribution in [1.29, 1.82) is 0 Å². The van der Waals surface area contributed by atoms with Gasteiger partial charge in [0.1, 0.15) is 11.5 Å². The number of benzene rings is 1. The maximum Gasteiger partial charge on any atom is 0.315 e. The fraction of sp³-hybridized carbons (Fsp3) is 0.375. The first-order valence-electron chi connectivity index (χ1n) is 7.35. The molecule has 2 aromatic rings. The van der Waals surface area contributed by atoms with Gasteiger partial charge in [0.2, 0.25) is 0 Å². The summed E-state index contributed by atoms with van der Waals surface area (Å²) in [5.74, 6) is 1.42. The molecule has 0 spiro atoms. The number of carbonyl (C=O) groups is 1. The van der Waals surface area contributed by atoms with E-state index in [1.165, 1.54) is 0 Å². The lowest BCUT2D eigenvalue weighted by atomic mass is 10.2. The lowest BCUT2D eigenvalue weighted by Gasteiger charge is -2.16. The molecule has 1 atom stereocenters. The Morgan fingerprint density at radius 2 is 2.17 bits per heavy atom. The van der Waals surface area contributed by atoms with E-state index in [1.807, 2.05) is 37.4 Å². The molecule has 2 rings (SSSR count). The fourth-order valence-electron chi connectivity index (χ4n) is 2.21. The first kappa shape index (κ1) is 16.7. The van der Waals surface area contributed by atoms with Gasteiger partial charge in [-0.2, -0.15) is 5.10 Å². The quantitative estimate of drug-likeness (QED) is 0.816. The molecular weight excluding hydrogens is 296 g/mol. The summed E-state index contributed by atoms with van der Waals surface area (Å²) >= 11 is 0. The van der Waals surface area contributed by atoms with Crippen LogP contribution in [0.4, 0.5) is 4.79 Å². The van der Waals surface area contributed by atoms with Crippen LogP contribution in [0.25, 0.3) is 0 Å². The van der Waals surface area contributed by atoms with Crippen molar-refractivity contribution < 1.29 is 14.3 Å². The number of ether oxygens (including phenoxy) is 2. The highest BCUT2D eigenvalue weighted by atomic mass is 16.5. The Morgan fingerprint density at radius 1 is 1.35 bits per heavy atom. The predicted molar refractivity (Wildman–Crippen MR) is 86.6 cm³/mol. The minimum atomic E-state index is -0.241. The van der Waals surface area contributed by atoms with Crippen LogP contribution in [0.1, 0.15) is 12.5 Å². The predicted octanol–water partition coefficient (Wildman–Crippen LogP) is 1.79. The van der Waals surface area contributed by atoms with Crippen LogP contribution in [0.3, 0.4) is 0 Å². The smallest absolute Gasteiger partial charge is 0.315 e. The summed E-state index contributed by atoms with van der Waals surface area (Å²) in [5.41, 5.74) is 0.849. The monoisotopic (exact) mass is 318 g/mol. The zero-order valence-electron chi connectivity index (χ0n) is 13.6. The summed E-state index contributed by atoms with van der Waals surface area (Å²) in [5, 5.41) is 9.81. The number of nitrogens with zero attached hydrogens (tertiary/aromatic N) is 2. The average molecular weight is 318 g/mol. The molecule has 2 N–H and O–H groups in total. The van der Waals surface area contributed by atoms with Gasteiger partial charge in [0.15, 0.2) is 0 Å². The van der Waals surface area contributed by atoms with E-state index in [-0.39, 0.29) is 12.1 Å². The number of rotatable bonds is 7. The molecule has 0 saturated heterocycles. The number of urea groups is 1. The molecule has 0 aliphatic carbocycles. The Labute approximate surface area is 135 Å². The van der Waals surface area contributed by atoms with E-state index in [1.54, 1.807) is 25.1 Å². The Balaban J connectivity index is 1.86. The van der Waals surface area contributed by atoms with Gasteiger partial charge >= 0.3 is 6.03 Å².